The quantitative estimate of drug-likeness (QED) is 0.188. The summed E-state index contributed by atoms with van der Waals surface area (Å²) in [5.74, 6) is 0.842. The molecule has 0 radical (unpaired) electrons. The normalized spacial score (nSPS) is 12.1. The Morgan fingerprint density at radius 1 is 0.683 bits per heavy atom. The lowest BCUT2D eigenvalue weighted by atomic mass is 9.95. The van der Waals surface area contributed by atoms with Crippen molar-refractivity contribution in [2.75, 3.05) is 28.4 Å². The van der Waals surface area contributed by atoms with E-state index in [4.69, 9.17) is 18.9 Å². The molecular weight excluding hydrogens is 524 g/mol. The van der Waals surface area contributed by atoms with Crippen molar-refractivity contribution in [3.8, 4) is 34.5 Å². The maximum atomic E-state index is 12.5. The fraction of sp³-hybridized carbons (Fsp3) is 0.212. The molecule has 0 amide bonds. The Kier molecular flexibility index (Phi) is 10.7. The molecule has 8 nitrogen and oxygen atoms in total. The molecule has 3 aromatic carbocycles. The van der Waals surface area contributed by atoms with Crippen molar-refractivity contribution in [3.05, 3.63) is 89.0 Å². The van der Waals surface area contributed by atoms with E-state index >= 15 is 0 Å². The van der Waals surface area contributed by atoms with Crippen molar-refractivity contribution in [1.82, 2.24) is 0 Å². The van der Waals surface area contributed by atoms with Gasteiger partial charge in [-0.15, -0.1) is 0 Å². The third-order valence-corrected chi connectivity index (χ3v) is 6.30. The maximum Gasteiger partial charge on any atom is 0.163 e. The van der Waals surface area contributed by atoms with Crippen LogP contribution >= 0.6 is 0 Å². The van der Waals surface area contributed by atoms with Crippen LogP contribution in [0.1, 0.15) is 41.5 Å². The molecule has 0 saturated carbocycles. The number of allylic oxidation sites excluding steroid dienone is 3. The SMILES string of the molecule is COc1cc(C=CC(=O)CC(=O)C=Cc2cc(OC)c(O)c([C@@H](C)C=Cc3ccc(OC)c(OC)c3)c2)ccc1O. The zero-order chi connectivity index (χ0) is 29.9. The van der Waals surface area contributed by atoms with Gasteiger partial charge in [-0.25, -0.2) is 0 Å². The summed E-state index contributed by atoms with van der Waals surface area (Å²) in [4.78, 5) is 24.8. The van der Waals surface area contributed by atoms with Gasteiger partial charge in [0.15, 0.2) is 46.1 Å². The highest BCUT2D eigenvalue weighted by molar-refractivity contribution is 6.10. The average Bonchev–Trinajstić information content (AvgIpc) is 2.98. The van der Waals surface area contributed by atoms with Crippen LogP contribution in [0.5, 0.6) is 34.5 Å². The van der Waals surface area contributed by atoms with Crippen LogP contribution in [-0.4, -0.2) is 50.2 Å². The third-order valence-electron chi connectivity index (χ3n) is 6.30. The van der Waals surface area contributed by atoms with Crippen molar-refractivity contribution in [2.45, 2.75) is 19.3 Å². The Labute approximate surface area is 239 Å². The van der Waals surface area contributed by atoms with Crippen LogP contribution in [0.15, 0.2) is 66.8 Å². The van der Waals surface area contributed by atoms with Crippen molar-refractivity contribution in [3.63, 3.8) is 0 Å². The van der Waals surface area contributed by atoms with Crippen molar-refractivity contribution in [1.29, 1.82) is 0 Å². The monoisotopic (exact) mass is 558 g/mol. The van der Waals surface area contributed by atoms with Crippen LogP contribution in [-0.2, 0) is 9.59 Å². The zero-order valence-corrected chi connectivity index (χ0v) is 23.7. The first kappa shape index (κ1) is 30.6. The Morgan fingerprint density at radius 2 is 1.22 bits per heavy atom. The highest BCUT2D eigenvalue weighted by Gasteiger charge is 2.15. The molecule has 1 atom stereocenters. The van der Waals surface area contributed by atoms with Crippen LogP contribution in [0.3, 0.4) is 0 Å². The van der Waals surface area contributed by atoms with E-state index in [-0.39, 0.29) is 46.9 Å². The van der Waals surface area contributed by atoms with Crippen LogP contribution in [0.2, 0.25) is 0 Å². The van der Waals surface area contributed by atoms with E-state index < -0.39 is 0 Å². The summed E-state index contributed by atoms with van der Waals surface area (Å²) in [5.41, 5.74) is 2.78. The van der Waals surface area contributed by atoms with Gasteiger partial charge in [-0.3, -0.25) is 9.59 Å². The van der Waals surface area contributed by atoms with Crippen molar-refractivity contribution in [2.24, 2.45) is 0 Å². The molecule has 0 saturated heterocycles. The summed E-state index contributed by atoms with van der Waals surface area (Å²) in [5, 5.41) is 20.5. The first-order valence-electron chi connectivity index (χ1n) is 12.8. The van der Waals surface area contributed by atoms with Gasteiger partial charge in [0.25, 0.3) is 0 Å². The van der Waals surface area contributed by atoms with E-state index in [1.807, 2.05) is 37.3 Å². The number of rotatable bonds is 13. The number of aromatic hydroxyl groups is 2. The van der Waals surface area contributed by atoms with Crippen LogP contribution in [0.4, 0.5) is 0 Å². The predicted molar refractivity (Wildman–Crippen MR) is 159 cm³/mol. The van der Waals surface area contributed by atoms with Gasteiger partial charge in [-0.05, 0) is 65.2 Å². The molecule has 0 spiro atoms. The number of ketones is 2. The number of phenolic OH excluding ortho intramolecular Hbond substituents is 2. The first-order valence-corrected chi connectivity index (χ1v) is 12.8. The van der Waals surface area contributed by atoms with E-state index in [0.717, 1.165) is 5.56 Å². The molecule has 2 N–H and O–H groups in total. The number of methoxy groups -OCH3 is 4. The minimum atomic E-state index is -0.377. The Bertz CT molecular complexity index is 1480. The number of hydrogen-bond acceptors (Lipinski definition) is 8. The highest BCUT2D eigenvalue weighted by Crippen LogP contribution is 2.37. The number of phenols is 2. The Balaban J connectivity index is 1.72. The van der Waals surface area contributed by atoms with Crippen LogP contribution in [0, 0.1) is 0 Å². The summed E-state index contributed by atoms with van der Waals surface area (Å²) in [6.07, 6.45) is 9.31. The summed E-state index contributed by atoms with van der Waals surface area (Å²) in [6.45, 7) is 1.93. The molecule has 3 rings (SSSR count). The van der Waals surface area contributed by atoms with E-state index in [0.29, 0.717) is 28.2 Å². The summed E-state index contributed by atoms with van der Waals surface area (Å²) >= 11 is 0. The summed E-state index contributed by atoms with van der Waals surface area (Å²) < 4.78 is 21.1. The smallest absolute Gasteiger partial charge is 0.163 e. The summed E-state index contributed by atoms with van der Waals surface area (Å²) in [6, 6.07) is 13.6. The molecule has 8 heteroatoms. The molecule has 41 heavy (non-hydrogen) atoms. The molecule has 3 aromatic rings. The maximum absolute atomic E-state index is 12.5. The van der Waals surface area contributed by atoms with Crippen LogP contribution < -0.4 is 18.9 Å². The van der Waals surface area contributed by atoms with Crippen molar-refractivity contribution < 1.29 is 38.7 Å². The predicted octanol–water partition coefficient (Wildman–Crippen LogP) is 6.20. The van der Waals surface area contributed by atoms with E-state index in [1.165, 1.54) is 32.4 Å². The van der Waals surface area contributed by atoms with Gasteiger partial charge in [-0.1, -0.05) is 43.4 Å². The van der Waals surface area contributed by atoms with E-state index in [9.17, 15) is 19.8 Å². The average molecular weight is 559 g/mol. The Morgan fingerprint density at radius 3 is 1.85 bits per heavy atom. The third kappa shape index (κ3) is 8.25. The fourth-order valence-electron chi connectivity index (χ4n) is 4.03. The molecule has 0 aliphatic heterocycles. The molecule has 0 aliphatic carbocycles. The Hall–Kier alpha value is -4.98. The van der Waals surface area contributed by atoms with Gasteiger partial charge in [-0.2, -0.15) is 0 Å². The first-order chi connectivity index (χ1) is 19.7. The van der Waals surface area contributed by atoms with E-state index in [1.54, 1.807) is 50.6 Å². The minimum absolute atomic E-state index is 0.00590. The molecular formula is C33H34O8. The van der Waals surface area contributed by atoms with Gasteiger partial charge in [0.05, 0.1) is 34.9 Å². The zero-order valence-electron chi connectivity index (χ0n) is 23.7. The minimum Gasteiger partial charge on any atom is -0.504 e. The fourth-order valence-corrected chi connectivity index (χ4v) is 4.03. The second-order valence-electron chi connectivity index (χ2n) is 9.13. The summed E-state index contributed by atoms with van der Waals surface area (Å²) in [7, 11) is 6.04. The second-order valence-corrected chi connectivity index (χ2v) is 9.13. The lowest BCUT2D eigenvalue weighted by molar-refractivity contribution is -0.121. The van der Waals surface area contributed by atoms with Crippen molar-refractivity contribution >= 4 is 29.8 Å². The van der Waals surface area contributed by atoms with Gasteiger partial charge < -0.3 is 29.2 Å². The van der Waals surface area contributed by atoms with Gasteiger partial charge >= 0.3 is 0 Å². The number of hydrogen-bond donors (Lipinski definition) is 2. The lowest BCUT2D eigenvalue weighted by Gasteiger charge is -2.14. The number of carbonyl (C=O) groups is 2. The van der Waals surface area contributed by atoms with Crippen LogP contribution in [0.25, 0.3) is 18.2 Å². The van der Waals surface area contributed by atoms with E-state index in [2.05, 4.69) is 0 Å². The molecule has 0 bridgehead atoms. The molecule has 214 valence electrons. The molecule has 0 aromatic heterocycles. The molecule has 0 unspecified atom stereocenters. The van der Waals surface area contributed by atoms with Gasteiger partial charge in [0.2, 0.25) is 0 Å². The number of ether oxygens (including phenoxy) is 4. The van der Waals surface area contributed by atoms with Gasteiger partial charge in [0, 0.05) is 11.5 Å². The molecule has 0 aliphatic rings. The number of benzene rings is 3. The topological polar surface area (TPSA) is 112 Å². The second kappa shape index (κ2) is 14.4. The number of carbonyl (C=O) groups excluding carboxylic acids is 2. The molecule has 0 heterocycles. The molecule has 0 fully saturated rings. The largest absolute Gasteiger partial charge is 0.504 e. The van der Waals surface area contributed by atoms with Gasteiger partial charge in [0.1, 0.15) is 0 Å². The highest BCUT2D eigenvalue weighted by atomic mass is 16.5. The standard InChI is InChI=1S/C33H34O8/c1-21(6-7-22-11-15-29(38-2)31(18-22)40-4)27-16-24(19-32(41-5)33(27)37)9-13-26(35)20-25(34)12-8-23-10-14-28(36)30(17-23)39-3/h6-19,21,36-37H,20H2,1-5H3/t21-/m0/s1. The lowest BCUT2D eigenvalue weighted by Crippen LogP contribution is -2.02.